The fourth-order valence-electron chi connectivity index (χ4n) is 4.07. The standard InChI is InChI=1S/C26H28N2O4/c1-14(2)25(29)21-12-18-9-16(10-23(32-5)24(18)28-21)8-15(3)26(30)22-11-17-6-7-19(31-4)13-20(17)27-22/h6-7,9-15,27-28H,8H2,1-5H3. The van der Waals surface area contributed by atoms with E-state index >= 15 is 0 Å². The molecule has 4 aromatic rings. The van der Waals surface area contributed by atoms with Crippen molar-refractivity contribution in [1.29, 1.82) is 0 Å². The number of rotatable bonds is 8. The van der Waals surface area contributed by atoms with E-state index in [0.717, 1.165) is 33.1 Å². The molecule has 2 aromatic heterocycles. The molecular formula is C26H28N2O4. The van der Waals surface area contributed by atoms with Gasteiger partial charge in [-0.1, -0.05) is 20.8 Å². The van der Waals surface area contributed by atoms with E-state index in [0.29, 0.717) is 23.6 Å². The van der Waals surface area contributed by atoms with Crippen LogP contribution in [0.1, 0.15) is 47.3 Å². The lowest BCUT2D eigenvalue weighted by Gasteiger charge is -2.11. The molecule has 1 unspecified atom stereocenters. The van der Waals surface area contributed by atoms with E-state index in [1.165, 1.54) is 0 Å². The maximum absolute atomic E-state index is 13.1. The summed E-state index contributed by atoms with van der Waals surface area (Å²) in [6, 6.07) is 13.4. The zero-order chi connectivity index (χ0) is 23.0. The third-order valence-electron chi connectivity index (χ3n) is 5.85. The quantitative estimate of drug-likeness (QED) is 0.357. The van der Waals surface area contributed by atoms with Crippen LogP contribution in [0.4, 0.5) is 0 Å². The predicted octanol–water partition coefficient (Wildman–Crippen LogP) is 5.57. The SMILES string of the molecule is COc1ccc2cc(C(=O)C(C)Cc3cc(OC)c4[nH]c(C(=O)C(C)C)cc4c3)[nH]c2c1. The Bertz CT molecular complexity index is 1310. The molecule has 6 heteroatoms. The van der Waals surface area contributed by atoms with Gasteiger partial charge in [-0.15, -0.1) is 0 Å². The maximum Gasteiger partial charge on any atom is 0.182 e. The Balaban J connectivity index is 1.60. The molecule has 0 amide bonds. The molecule has 166 valence electrons. The Morgan fingerprint density at radius 3 is 2.25 bits per heavy atom. The van der Waals surface area contributed by atoms with Crippen molar-refractivity contribution in [3.05, 3.63) is 59.4 Å². The van der Waals surface area contributed by atoms with Gasteiger partial charge in [-0.3, -0.25) is 9.59 Å². The number of methoxy groups -OCH3 is 2. The van der Waals surface area contributed by atoms with Crippen LogP contribution in [0.3, 0.4) is 0 Å². The minimum Gasteiger partial charge on any atom is -0.497 e. The molecule has 0 saturated carbocycles. The summed E-state index contributed by atoms with van der Waals surface area (Å²) in [5, 5.41) is 1.87. The third kappa shape index (κ3) is 4.00. The van der Waals surface area contributed by atoms with E-state index in [2.05, 4.69) is 9.97 Å². The van der Waals surface area contributed by atoms with Gasteiger partial charge < -0.3 is 19.4 Å². The largest absolute Gasteiger partial charge is 0.497 e. The number of H-pyrrole nitrogens is 2. The lowest BCUT2D eigenvalue weighted by atomic mass is 9.94. The smallest absolute Gasteiger partial charge is 0.182 e. The molecule has 2 N–H and O–H groups in total. The number of carbonyl (C=O) groups excluding carboxylic acids is 2. The molecule has 32 heavy (non-hydrogen) atoms. The molecule has 4 rings (SSSR count). The third-order valence-corrected chi connectivity index (χ3v) is 5.85. The molecule has 2 aromatic carbocycles. The lowest BCUT2D eigenvalue weighted by Crippen LogP contribution is -2.14. The molecule has 0 aliphatic heterocycles. The first-order chi connectivity index (χ1) is 15.3. The van der Waals surface area contributed by atoms with Gasteiger partial charge in [0.1, 0.15) is 11.5 Å². The van der Waals surface area contributed by atoms with Crippen molar-refractivity contribution in [1.82, 2.24) is 9.97 Å². The number of Topliss-reactive ketones (excluding diaryl/α,β-unsaturated/α-hetero) is 2. The van der Waals surface area contributed by atoms with Crippen LogP contribution in [0, 0.1) is 11.8 Å². The second-order valence-electron chi connectivity index (χ2n) is 8.57. The highest BCUT2D eigenvalue weighted by Crippen LogP contribution is 2.30. The van der Waals surface area contributed by atoms with E-state index in [9.17, 15) is 9.59 Å². The number of fused-ring (bicyclic) bond motifs is 2. The molecule has 6 nitrogen and oxygen atoms in total. The summed E-state index contributed by atoms with van der Waals surface area (Å²) in [4.78, 5) is 31.9. The van der Waals surface area contributed by atoms with Crippen LogP contribution >= 0.6 is 0 Å². The predicted molar refractivity (Wildman–Crippen MR) is 126 cm³/mol. The Kier molecular flexibility index (Phi) is 5.78. The first kappa shape index (κ1) is 21.7. The summed E-state index contributed by atoms with van der Waals surface area (Å²) in [5.74, 6) is 1.18. The molecule has 0 aliphatic carbocycles. The van der Waals surface area contributed by atoms with Gasteiger partial charge in [-0.25, -0.2) is 0 Å². The van der Waals surface area contributed by atoms with Crippen LogP contribution in [0.25, 0.3) is 21.8 Å². The number of hydrogen-bond acceptors (Lipinski definition) is 4. The average Bonchev–Trinajstić information content (AvgIpc) is 3.40. The number of hydrogen-bond donors (Lipinski definition) is 2. The maximum atomic E-state index is 13.1. The van der Waals surface area contributed by atoms with Gasteiger partial charge in [0, 0.05) is 34.2 Å². The van der Waals surface area contributed by atoms with Crippen LogP contribution < -0.4 is 9.47 Å². The highest BCUT2D eigenvalue weighted by Gasteiger charge is 2.20. The summed E-state index contributed by atoms with van der Waals surface area (Å²) in [5.41, 5.74) is 3.81. The van der Waals surface area contributed by atoms with E-state index in [4.69, 9.17) is 9.47 Å². The number of nitrogens with one attached hydrogen (secondary N) is 2. The molecule has 0 saturated heterocycles. The molecule has 0 fully saturated rings. The summed E-state index contributed by atoms with van der Waals surface area (Å²) < 4.78 is 10.8. The summed E-state index contributed by atoms with van der Waals surface area (Å²) in [7, 11) is 3.23. The van der Waals surface area contributed by atoms with Crippen LogP contribution in [0.15, 0.2) is 42.5 Å². The first-order valence-corrected chi connectivity index (χ1v) is 10.8. The van der Waals surface area contributed by atoms with Gasteiger partial charge in [-0.2, -0.15) is 0 Å². The summed E-state index contributed by atoms with van der Waals surface area (Å²) in [6.07, 6.45) is 0.558. The number of aromatic nitrogens is 2. The minimum absolute atomic E-state index is 0.0453. The molecular weight excluding hydrogens is 404 g/mol. The van der Waals surface area contributed by atoms with Crippen molar-refractivity contribution in [3.8, 4) is 11.5 Å². The van der Waals surface area contributed by atoms with Crippen molar-refractivity contribution in [3.63, 3.8) is 0 Å². The molecule has 0 aliphatic rings. The van der Waals surface area contributed by atoms with Crippen molar-refractivity contribution in [2.24, 2.45) is 11.8 Å². The highest BCUT2D eigenvalue weighted by molar-refractivity contribution is 6.02. The second kappa shape index (κ2) is 8.54. The molecule has 0 radical (unpaired) electrons. The zero-order valence-electron chi connectivity index (χ0n) is 19.0. The van der Waals surface area contributed by atoms with Gasteiger partial charge in [0.2, 0.25) is 0 Å². The van der Waals surface area contributed by atoms with Gasteiger partial charge in [-0.05, 0) is 48.4 Å². The van der Waals surface area contributed by atoms with Crippen molar-refractivity contribution in [2.45, 2.75) is 27.2 Å². The van der Waals surface area contributed by atoms with Crippen molar-refractivity contribution >= 4 is 33.4 Å². The summed E-state index contributed by atoms with van der Waals surface area (Å²) >= 11 is 0. The van der Waals surface area contributed by atoms with E-state index in [-0.39, 0.29) is 23.4 Å². The molecule has 0 bridgehead atoms. The fraction of sp³-hybridized carbons (Fsp3) is 0.308. The number of ether oxygens (including phenoxy) is 2. The highest BCUT2D eigenvalue weighted by atomic mass is 16.5. The number of benzene rings is 2. The van der Waals surface area contributed by atoms with Gasteiger partial charge in [0.05, 0.1) is 31.1 Å². The average molecular weight is 433 g/mol. The van der Waals surface area contributed by atoms with Crippen molar-refractivity contribution < 1.29 is 19.1 Å². The number of aromatic amines is 2. The molecule has 0 spiro atoms. The Morgan fingerprint density at radius 2 is 1.56 bits per heavy atom. The first-order valence-electron chi connectivity index (χ1n) is 10.8. The van der Waals surface area contributed by atoms with Gasteiger partial charge >= 0.3 is 0 Å². The van der Waals surface area contributed by atoms with Crippen LogP contribution in [0.2, 0.25) is 0 Å². The lowest BCUT2D eigenvalue weighted by molar-refractivity contribution is 0.0921. The topological polar surface area (TPSA) is 84.2 Å². The van der Waals surface area contributed by atoms with E-state index in [1.54, 1.807) is 14.2 Å². The fourth-order valence-corrected chi connectivity index (χ4v) is 4.07. The Morgan fingerprint density at radius 1 is 0.844 bits per heavy atom. The minimum atomic E-state index is -0.233. The van der Waals surface area contributed by atoms with Crippen LogP contribution in [-0.2, 0) is 6.42 Å². The number of ketones is 2. The summed E-state index contributed by atoms with van der Waals surface area (Å²) in [6.45, 7) is 5.68. The zero-order valence-corrected chi connectivity index (χ0v) is 19.0. The molecule has 2 heterocycles. The Hall–Kier alpha value is -3.54. The second-order valence-corrected chi connectivity index (χ2v) is 8.57. The Labute approximate surface area is 186 Å². The van der Waals surface area contributed by atoms with Crippen molar-refractivity contribution in [2.75, 3.05) is 14.2 Å². The van der Waals surface area contributed by atoms with Gasteiger partial charge in [0.15, 0.2) is 11.6 Å². The normalized spacial score (nSPS) is 12.4. The van der Waals surface area contributed by atoms with E-state index < -0.39 is 0 Å². The van der Waals surface area contributed by atoms with Crippen LogP contribution in [0.5, 0.6) is 11.5 Å². The van der Waals surface area contributed by atoms with Crippen LogP contribution in [-0.4, -0.2) is 35.8 Å². The molecule has 1 atom stereocenters. The van der Waals surface area contributed by atoms with E-state index in [1.807, 2.05) is 63.2 Å². The van der Waals surface area contributed by atoms with Gasteiger partial charge in [0.25, 0.3) is 0 Å². The number of carbonyl (C=O) groups is 2. The monoisotopic (exact) mass is 432 g/mol.